The van der Waals surface area contributed by atoms with Gasteiger partial charge in [0, 0.05) is 13.2 Å². The van der Waals surface area contributed by atoms with Crippen LogP contribution in [0.25, 0.3) is 0 Å². The second-order valence-electron chi connectivity index (χ2n) is 2.30. The van der Waals surface area contributed by atoms with Gasteiger partial charge >= 0.3 is 5.97 Å². The number of nitrogens with zero attached hydrogens (tertiary/aromatic N) is 1. The van der Waals surface area contributed by atoms with Gasteiger partial charge in [-0.1, -0.05) is 0 Å². The molecule has 1 aromatic rings. The first kappa shape index (κ1) is 9.24. The second kappa shape index (κ2) is 3.26. The number of pyridine rings is 1. The summed E-state index contributed by atoms with van der Waals surface area (Å²) >= 11 is 1.81. The molecule has 4 nitrogen and oxygen atoms in total. The second-order valence-corrected chi connectivity index (χ2v) is 3.46. The maximum atomic E-state index is 11.1. The fourth-order valence-corrected chi connectivity index (χ4v) is 1.50. The van der Waals surface area contributed by atoms with Crippen molar-refractivity contribution in [1.29, 1.82) is 0 Å². The molecule has 12 heavy (non-hydrogen) atoms. The molecule has 1 heterocycles. The molecule has 0 spiro atoms. The van der Waals surface area contributed by atoms with Crippen LogP contribution in [-0.2, 0) is 7.05 Å². The van der Waals surface area contributed by atoms with Crippen LogP contribution in [0.1, 0.15) is 10.4 Å². The Morgan fingerprint density at radius 2 is 2.25 bits per heavy atom. The van der Waals surface area contributed by atoms with Gasteiger partial charge in [0.15, 0.2) is 0 Å². The summed E-state index contributed by atoms with van der Waals surface area (Å²) in [4.78, 5) is 21.6. The number of hydrogen-bond acceptors (Lipinski definition) is 2. The lowest BCUT2D eigenvalue weighted by molar-refractivity contribution is 0.0696. The minimum atomic E-state index is -1.02. The smallest absolute Gasteiger partial charge is 0.337 e. The van der Waals surface area contributed by atoms with E-state index in [0.717, 1.165) is 0 Å². The Balaban J connectivity index is 3.41. The number of carboxylic acid groups (broad SMARTS) is 1. The molecule has 0 amide bonds. The average Bonchev–Trinajstić information content (AvgIpc) is 1.99. The maximum absolute atomic E-state index is 11.1. The lowest BCUT2D eigenvalue weighted by Crippen LogP contribution is -2.20. The molecule has 0 bridgehead atoms. The number of hydrogen-bond donors (Lipinski definition) is 1. The molecule has 1 aromatic heterocycles. The zero-order valence-electron chi connectivity index (χ0n) is 6.24. The highest BCUT2D eigenvalue weighted by molar-refractivity contribution is 14.1. The summed E-state index contributed by atoms with van der Waals surface area (Å²) in [5, 5.41) is 8.61. The number of aromatic nitrogens is 1. The van der Waals surface area contributed by atoms with Crippen LogP contribution in [0, 0.1) is 3.57 Å². The Hall–Kier alpha value is -0.850. The summed E-state index contributed by atoms with van der Waals surface area (Å²) in [6.45, 7) is 0. The van der Waals surface area contributed by atoms with Crippen molar-refractivity contribution in [3.05, 3.63) is 31.8 Å². The van der Waals surface area contributed by atoms with Gasteiger partial charge in [0.05, 0.1) is 9.13 Å². The van der Waals surface area contributed by atoms with E-state index in [4.69, 9.17) is 5.11 Å². The predicted octanol–water partition coefficient (Wildman–Crippen LogP) is 0.688. The van der Waals surface area contributed by atoms with Crippen molar-refractivity contribution in [2.45, 2.75) is 0 Å². The third-order valence-corrected chi connectivity index (χ3v) is 2.16. The van der Waals surface area contributed by atoms with E-state index in [-0.39, 0.29) is 11.1 Å². The van der Waals surface area contributed by atoms with Crippen LogP contribution < -0.4 is 5.56 Å². The predicted molar refractivity (Wildman–Crippen MR) is 51.4 cm³/mol. The summed E-state index contributed by atoms with van der Waals surface area (Å²) < 4.78 is 1.67. The first-order valence-electron chi connectivity index (χ1n) is 3.12. The molecule has 0 radical (unpaired) electrons. The molecule has 0 atom stereocenters. The SMILES string of the molecule is Cn1cc(C(=O)O)cc(I)c1=O. The van der Waals surface area contributed by atoms with Crippen LogP contribution in [0.3, 0.4) is 0 Å². The fourth-order valence-electron chi connectivity index (χ4n) is 0.788. The number of rotatable bonds is 1. The van der Waals surface area contributed by atoms with E-state index in [9.17, 15) is 9.59 Å². The molecule has 0 fully saturated rings. The van der Waals surface area contributed by atoms with Crippen LogP contribution in [0.5, 0.6) is 0 Å². The summed E-state index contributed by atoms with van der Waals surface area (Å²) in [5.74, 6) is -1.02. The van der Waals surface area contributed by atoms with Gasteiger partial charge in [-0.2, -0.15) is 0 Å². The molecular weight excluding hydrogens is 273 g/mol. The number of carboxylic acids is 1. The van der Waals surface area contributed by atoms with Gasteiger partial charge in [-0.25, -0.2) is 4.79 Å². The fraction of sp³-hybridized carbons (Fsp3) is 0.143. The molecular formula is C7H6INO3. The van der Waals surface area contributed by atoms with Gasteiger partial charge in [0.25, 0.3) is 5.56 Å². The minimum absolute atomic E-state index is 0.126. The van der Waals surface area contributed by atoms with E-state index in [2.05, 4.69) is 0 Å². The molecule has 0 aliphatic rings. The van der Waals surface area contributed by atoms with E-state index in [0.29, 0.717) is 3.57 Å². The quantitative estimate of drug-likeness (QED) is 0.769. The van der Waals surface area contributed by atoms with Crippen molar-refractivity contribution in [3.8, 4) is 0 Å². The lowest BCUT2D eigenvalue weighted by Gasteiger charge is -1.99. The first-order valence-corrected chi connectivity index (χ1v) is 4.19. The van der Waals surface area contributed by atoms with Crippen molar-refractivity contribution in [1.82, 2.24) is 4.57 Å². The Kier molecular flexibility index (Phi) is 2.51. The molecule has 0 aliphatic carbocycles. The van der Waals surface area contributed by atoms with Gasteiger partial charge in [-0.3, -0.25) is 4.79 Å². The summed E-state index contributed by atoms with van der Waals surface area (Å²) in [5.41, 5.74) is -0.0536. The molecule has 0 saturated carbocycles. The molecule has 0 saturated heterocycles. The molecule has 1 N–H and O–H groups in total. The van der Waals surface area contributed by atoms with Gasteiger partial charge in [-0.15, -0.1) is 0 Å². The van der Waals surface area contributed by atoms with Crippen molar-refractivity contribution < 1.29 is 9.90 Å². The topological polar surface area (TPSA) is 59.3 Å². The van der Waals surface area contributed by atoms with E-state index >= 15 is 0 Å². The van der Waals surface area contributed by atoms with E-state index < -0.39 is 5.97 Å². The number of aryl methyl sites for hydroxylation is 1. The molecule has 5 heteroatoms. The zero-order chi connectivity index (χ0) is 9.30. The van der Waals surface area contributed by atoms with Gasteiger partial charge in [0.2, 0.25) is 0 Å². The Morgan fingerprint density at radius 1 is 1.67 bits per heavy atom. The average molecular weight is 279 g/mol. The van der Waals surface area contributed by atoms with Gasteiger partial charge < -0.3 is 9.67 Å². The van der Waals surface area contributed by atoms with E-state index in [1.54, 1.807) is 0 Å². The molecule has 64 valence electrons. The van der Waals surface area contributed by atoms with Crippen LogP contribution >= 0.6 is 22.6 Å². The highest BCUT2D eigenvalue weighted by atomic mass is 127. The number of carbonyl (C=O) groups is 1. The maximum Gasteiger partial charge on any atom is 0.337 e. The van der Waals surface area contributed by atoms with E-state index in [1.807, 2.05) is 22.6 Å². The summed E-state index contributed by atoms with van der Waals surface area (Å²) in [6, 6.07) is 1.35. The largest absolute Gasteiger partial charge is 0.478 e. The highest BCUT2D eigenvalue weighted by Crippen LogP contribution is 2.02. The van der Waals surface area contributed by atoms with Crippen LogP contribution in [0.4, 0.5) is 0 Å². The van der Waals surface area contributed by atoms with Crippen LogP contribution in [0.2, 0.25) is 0 Å². The van der Waals surface area contributed by atoms with Crippen molar-refractivity contribution in [2.75, 3.05) is 0 Å². The van der Waals surface area contributed by atoms with Crippen molar-refractivity contribution in [2.24, 2.45) is 7.05 Å². The molecule has 0 unspecified atom stereocenters. The number of halogens is 1. The standard InChI is InChI=1S/C7H6INO3/c1-9-3-4(7(11)12)2-5(8)6(9)10/h2-3H,1H3,(H,11,12). The lowest BCUT2D eigenvalue weighted by atomic mass is 10.3. The molecule has 0 aliphatic heterocycles. The monoisotopic (exact) mass is 279 g/mol. The zero-order valence-corrected chi connectivity index (χ0v) is 8.40. The molecule has 1 rings (SSSR count). The summed E-state index contributed by atoms with van der Waals surface area (Å²) in [6.07, 6.45) is 1.30. The van der Waals surface area contributed by atoms with E-state index in [1.165, 1.54) is 23.9 Å². The molecule has 0 aromatic carbocycles. The summed E-state index contributed by atoms with van der Waals surface area (Å²) in [7, 11) is 1.52. The minimum Gasteiger partial charge on any atom is -0.478 e. The first-order chi connectivity index (χ1) is 5.52. The van der Waals surface area contributed by atoms with Crippen LogP contribution in [-0.4, -0.2) is 15.6 Å². The van der Waals surface area contributed by atoms with Crippen LogP contribution in [0.15, 0.2) is 17.1 Å². The number of aromatic carboxylic acids is 1. The van der Waals surface area contributed by atoms with Gasteiger partial charge in [-0.05, 0) is 28.7 Å². The van der Waals surface area contributed by atoms with Crippen molar-refractivity contribution in [3.63, 3.8) is 0 Å². The van der Waals surface area contributed by atoms with Gasteiger partial charge in [0.1, 0.15) is 0 Å². The van der Waals surface area contributed by atoms with Crippen molar-refractivity contribution >= 4 is 28.6 Å². The third-order valence-electron chi connectivity index (χ3n) is 1.39. The Labute approximate surface area is 82.0 Å². The highest BCUT2D eigenvalue weighted by Gasteiger charge is 2.06. The normalized spacial score (nSPS) is 9.83. The Bertz CT molecular complexity index is 356. The Morgan fingerprint density at radius 3 is 2.67 bits per heavy atom. The third kappa shape index (κ3) is 1.66.